The molecular weight excluding hydrogens is 188 g/mol. The Bertz CT molecular complexity index is 306. The predicted octanol–water partition coefficient (Wildman–Crippen LogP) is 0.873. The first-order chi connectivity index (χ1) is 7.22. The van der Waals surface area contributed by atoms with Gasteiger partial charge in [-0.15, -0.1) is 0 Å². The molecule has 0 aliphatic carbocycles. The zero-order valence-electron chi connectivity index (χ0n) is 9.34. The Kier molecular flexibility index (Phi) is 4.84. The maximum Gasteiger partial charge on any atom is 0.224 e. The van der Waals surface area contributed by atoms with Crippen molar-refractivity contribution in [3.63, 3.8) is 0 Å². The summed E-state index contributed by atoms with van der Waals surface area (Å²) in [5.74, 6) is 0.0779. The van der Waals surface area contributed by atoms with E-state index in [0.29, 0.717) is 13.0 Å². The summed E-state index contributed by atoms with van der Waals surface area (Å²) >= 11 is 0. The molecule has 82 valence electrons. The van der Waals surface area contributed by atoms with Crippen molar-refractivity contribution < 1.29 is 4.79 Å². The van der Waals surface area contributed by atoms with E-state index in [4.69, 9.17) is 0 Å². The van der Waals surface area contributed by atoms with Gasteiger partial charge in [-0.3, -0.25) is 4.79 Å². The summed E-state index contributed by atoms with van der Waals surface area (Å²) in [6.07, 6.45) is 0.462. The van der Waals surface area contributed by atoms with E-state index < -0.39 is 0 Å². The summed E-state index contributed by atoms with van der Waals surface area (Å²) in [5.41, 5.74) is 2.27. The number of amides is 1. The summed E-state index contributed by atoms with van der Waals surface area (Å²) in [5, 5.41) is 5.82. The van der Waals surface area contributed by atoms with Crippen LogP contribution >= 0.6 is 0 Å². The summed E-state index contributed by atoms with van der Waals surface area (Å²) in [4.78, 5) is 11.4. The molecule has 0 fully saturated rings. The van der Waals surface area contributed by atoms with Gasteiger partial charge >= 0.3 is 0 Å². The Balaban J connectivity index is 2.34. The smallest absolute Gasteiger partial charge is 0.224 e. The maximum absolute atomic E-state index is 11.4. The second-order valence-corrected chi connectivity index (χ2v) is 3.62. The van der Waals surface area contributed by atoms with Crippen LogP contribution in [0.3, 0.4) is 0 Å². The monoisotopic (exact) mass is 206 g/mol. The van der Waals surface area contributed by atoms with Crippen LogP contribution in [0.5, 0.6) is 0 Å². The first kappa shape index (κ1) is 11.7. The molecule has 15 heavy (non-hydrogen) atoms. The maximum atomic E-state index is 11.4. The summed E-state index contributed by atoms with van der Waals surface area (Å²) < 4.78 is 0. The molecular formula is C12H18N2O. The van der Waals surface area contributed by atoms with Crippen molar-refractivity contribution in [2.75, 3.05) is 20.1 Å². The van der Waals surface area contributed by atoms with Crippen LogP contribution in [0.15, 0.2) is 24.3 Å². The van der Waals surface area contributed by atoms with E-state index in [0.717, 1.165) is 12.1 Å². The molecule has 2 N–H and O–H groups in total. The summed E-state index contributed by atoms with van der Waals surface area (Å²) in [7, 11) is 1.87. The number of rotatable bonds is 5. The third-order valence-corrected chi connectivity index (χ3v) is 2.18. The fourth-order valence-corrected chi connectivity index (χ4v) is 1.28. The lowest BCUT2D eigenvalue weighted by Crippen LogP contribution is -2.31. The number of aryl methyl sites for hydroxylation is 1. The van der Waals surface area contributed by atoms with E-state index in [1.54, 1.807) is 0 Å². The molecule has 0 heterocycles. The van der Waals surface area contributed by atoms with Gasteiger partial charge in [0.25, 0.3) is 0 Å². The molecule has 0 unspecified atom stereocenters. The van der Waals surface area contributed by atoms with Gasteiger partial charge in [0.05, 0.1) is 6.42 Å². The first-order valence-corrected chi connectivity index (χ1v) is 5.19. The van der Waals surface area contributed by atoms with Crippen molar-refractivity contribution in [3.05, 3.63) is 35.4 Å². The van der Waals surface area contributed by atoms with E-state index >= 15 is 0 Å². The zero-order valence-corrected chi connectivity index (χ0v) is 9.34. The normalized spacial score (nSPS) is 10.0. The third-order valence-electron chi connectivity index (χ3n) is 2.18. The van der Waals surface area contributed by atoms with Gasteiger partial charge in [-0.2, -0.15) is 0 Å². The number of benzene rings is 1. The quantitative estimate of drug-likeness (QED) is 0.702. The zero-order chi connectivity index (χ0) is 11.1. The second-order valence-electron chi connectivity index (χ2n) is 3.62. The number of likely N-dealkylation sites (N-methyl/N-ethyl adjacent to an activating group) is 1. The van der Waals surface area contributed by atoms with Crippen molar-refractivity contribution in [2.24, 2.45) is 0 Å². The number of hydrogen-bond acceptors (Lipinski definition) is 2. The van der Waals surface area contributed by atoms with Crippen LogP contribution in [0.25, 0.3) is 0 Å². The highest BCUT2D eigenvalue weighted by Gasteiger charge is 2.01. The molecule has 0 saturated heterocycles. The van der Waals surface area contributed by atoms with Gasteiger partial charge in [-0.25, -0.2) is 0 Å². The molecule has 0 aromatic heterocycles. The van der Waals surface area contributed by atoms with Gasteiger partial charge in [0.15, 0.2) is 0 Å². The fraction of sp³-hybridized carbons (Fsp3) is 0.417. The molecule has 0 spiro atoms. The number of hydrogen-bond donors (Lipinski definition) is 2. The molecule has 1 rings (SSSR count). The second kappa shape index (κ2) is 6.19. The average Bonchev–Trinajstić information content (AvgIpc) is 2.22. The van der Waals surface area contributed by atoms with Gasteiger partial charge < -0.3 is 10.6 Å². The van der Waals surface area contributed by atoms with Gasteiger partial charge in [-0.1, -0.05) is 29.8 Å². The van der Waals surface area contributed by atoms with E-state index in [1.807, 2.05) is 38.2 Å². The van der Waals surface area contributed by atoms with Gasteiger partial charge in [0.1, 0.15) is 0 Å². The lowest BCUT2D eigenvalue weighted by atomic mass is 10.1. The van der Waals surface area contributed by atoms with Gasteiger partial charge in [0, 0.05) is 13.1 Å². The molecule has 3 heteroatoms. The minimum absolute atomic E-state index is 0.0779. The van der Waals surface area contributed by atoms with Gasteiger partial charge in [-0.05, 0) is 19.5 Å². The number of carbonyl (C=O) groups excluding carboxylic acids is 1. The Morgan fingerprint density at radius 1 is 1.20 bits per heavy atom. The summed E-state index contributed by atoms with van der Waals surface area (Å²) in [6.45, 7) is 3.53. The minimum atomic E-state index is 0.0779. The van der Waals surface area contributed by atoms with Gasteiger partial charge in [0.2, 0.25) is 5.91 Å². The van der Waals surface area contributed by atoms with E-state index in [-0.39, 0.29) is 5.91 Å². The highest BCUT2D eigenvalue weighted by molar-refractivity contribution is 5.78. The van der Waals surface area contributed by atoms with Crippen molar-refractivity contribution in [3.8, 4) is 0 Å². The van der Waals surface area contributed by atoms with Crippen LogP contribution in [0.2, 0.25) is 0 Å². The molecule has 0 radical (unpaired) electrons. The van der Waals surface area contributed by atoms with E-state index in [1.165, 1.54) is 5.56 Å². The molecule has 0 saturated carbocycles. The van der Waals surface area contributed by atoms with E-state index in [2.05, 4.69) is 10.6 Å². The number of nitrogens with one attached hydrogen (secondary N) is 2. The molecule has 0 atom stereocenters. The standard InChI is InChI=1S/C12H18N2O/c1-10-3-5-11(6-4-10)9-12(15)14-8-7-13-2/h3-6,13H,7-9H2,1-2H3,(H,14,15). The van der Waals surface area contributed by atoms with Crippen molar-refractivity contribution in [2.45, 2.75) is 13.3 Å². The molecule has 0 aliphatic heterocycles. The Morgan fingerprint density at radius 2 is 1.87 bits per heavy atom. The number of carbonyl (C=O) groups is 1. The van der Waals surface area contributed by atoms with Crippen LogP contribution in [0.1, 0.15) is 11.1 Å². The summed E-state index contributed by atoms with van der Waals surface area (Å²) in [6, 6.07) is 8.03. The van der Waals surface area contributed by atoms with Crippen LogP contribution in [-0.2, 0) is 11.2 Å². The molecule has 0 bridgehead atoms. The van der Waals surface area contributed by atoms with Crippen LogP contribution in [0, 0.1) is 6.92 Å². The fourth-order valence-electron chi connectivity index (χ4n) is 1.28. The highest BCUT2D eigenvalue weighted by atomic mass is 16.1. The van der Waals surface area contributed by atoms with Crippen molar-refractivity contribution in [1.29, 1.82) is 0 Å². The predicted molar refractivity (Wildman–Crippen MR) is 61.8 cm³/mol. The molecule has 3 nitrogen and oxygen atoms in total. The first-order valence-electron chi connectivity index (χ1n) is 5.19. The SMILES string of the molecule is CNCCNC(=O)Cc1ccc(C)cc1. The van der Waals surface area contributed by atoms with Crippen LogP contribution in [0.4, 0.5) is 0 Å². The largest absolute Gasteiger partial charge is 0.355 e. The Morgan fingerprint density at radius 3 is 2.47 bits per heavy atom. The minimum Gasteiger partial charge on any atom is -0.355 e. The average molecular weight is 206 g/mol. The van der Waals surface area contributed by atoms with Crippen molar-refractivity contribution in [1.82, 2.24) is 10.6 Å². The molecule has 1 aromatic carbocycles. The molecule has 1 aromatic rings. The van der Waals surface area contributed by atoms with Crippen LogP contribution < -0.4 is 10.6 Å². The lowest BCUT2D eigenvalue weighted by molar-refractivity contribution is -0.120. The van der Waals surface area contributed by atoms with E-state index in [9.17, 15) is 4.79 Å². The molecule has 1 amide bonds. The third kappa shape index (κ3) is 4.61. The Hall–Kier alpha value is -1.35. The molecule has 0 aliphatic rings. The highest BCUT2D eigenvalue weighted by Crippen LogP contribution is 2.03. The lowest BCUT2D eigenvalue weighted by Gasteiger charge is -2.04. The Labute approximate surface area is 90.9 Å². The van der Waals surface area contributed by atoms with Crippen molar-refractivity contribution >= 4 is 5.91 Å². The van der Waals surface area contributed by atoms with Crippen LogP contribution in [-0.4, -0.2) is 26.0 Å². The topological polar surface area (TPSA) is 41.1 Å².